The van der Waals surface area contributed by atoms with E-state index in [0.717, 1.165) is 5.56 Å². The number of nitrogens with zero attached hydrogens (tertiary/aromatic N) is 1. The quantitative estimate of drug-likeness (QED) is 0.581. The number of sulfonamides is 2. The fourth-order valence-electron chi connectivity index (χ4n) is 3.10. The summed E-state index contributed by atoms with van der Waals surface area (Å²) >= 11 is 6.08. The average Bonchev–Trinajstić information content (AvgIpc) is 2.76. The molecule has 3 rings (SSSR count). The van der Waals surface area contributed by atoms with Gasteiger partial charge in [-0.3, -0.25) is 0 Å². The van der Waals surface area contributed by atoms with E-state index in [4.69, 9.17) is 21.1 Å². The molecule has 0 aromatic heterocycles. The van der Waals surface area contributed by atoms with Gasteiger partial charge in [-0.05, 0) is 49.2 Å². The van der Waals surface area contributed by atoms with Gasteiger partial charge in [0, 0.05) is 19.6 Å². The van der Waals surface area contributed by atoms with Gasteiger partial charge in [0.2, 0.25) is 20.0 Å². The predicted octanol–water partition coefficient (Wildman–Crippen LogP) is 2.28. The molecule has 1 N–H and O–H groups in total. The molecule has 11 heteroatoms. The van der Waals surface area contributed by atoms with E-state index in [1.807, 2.05) is 6.92 Å². The minimum Gasteiger partial charge on any atom is -0.492 e. The fraction of sp³-hybridized carbons (Fsp3) is 0.400. The molecule has 0 radical (unpaired) electrons. The van der Waals surface area contributed by atoms with Crippen LogP contribution in [0.3, 0.4) is 0 Å². The molecular formula is C20H25ClN2O6S2. The Morgan fingerprint density at radius 2 is 1.68 bits per heavy atom. The Labute approximate surface area is 188 Å². The lowest BCUT2D eigenvalue weighted by Crippen LogP contribution is -2.40. The van der Waals surface area contributed by atoms with Crippen molar-refractivity contribution in [3.05, 3.63) is 53.1 Å². The van der Waals surface area contributed by atoms with Crippen LogP contribution in [0.5, 0.6) is 5.75 Å². The Morgan fingerprint density at radius 1 is 1.03 bits per heavy atom. The van der Waals surface area contributed by atoms with Crippen molar-refractivity contribution in [2.45, 2.75) is 23.1 Å². The zero-order chi connectivity index (χ0) is 22.5. The molecule has 1 aliphatic heterocycles. The van der Waals surface area contributed by atoms with Crippen LogP contribution in [0.1, 0.15) is 12.5 Å². The fourth-order valence-corrected chi connectivity index (χ4v) is 5.86. The molecule has 0 unspecified atom stereocenters. The van der Waals surface area contributed by atoms with Crippen LogP contribution in [-0.4, -0.2) is 60.6 Å². The van der Waals surface area contributed by atoms with Gasteiger partial charge in [0.25, 0.3) is 0 Å². The van der Waals surface area contributed by atoms with E-state index in [1.54, 1.807) is 24.3 Å². The molecular weight excluding hydrogens is 464 g/mol. The maximum Gasteiger partial charge on any atom is 0.243 e. The van der Waals surface area contributed by atoms with Gasteiger partial charge >= 0.3 is 0 Å². The smallest absolute Gasteiger partial charge is 0.243 e. The van der Waals surface area contributed by atoms with Crippen LogP contribution in [0.2, 0.25) is 5.02 Å². The molecule has 0 spiro atoms. The first-order valence-corrected chi connectivity index (χ1v) is 13.1. The molecule has 0 aliphatic carbocycles. The first kappa shape index (κ1) is 24.0. The molecule has 0 bridgehead atoms. The Hall–Kier alpha value is -1.69. The molecule has 8 nitrogen and oxygen atoms in total. The van der Waals surface area contributed by atoms with Crippen molar-refractivity contribution in [3.8, 4) is 5.75 Å². The van der Waals surface area contributed by atoms with E-state index in [2.05, 4.69) is 4.72 Å². The second kappa shape index (κ2) is 10.3. The van der Waals surface area contributed by atoms with Crippen molar-refractivity contribution in [2.24, 2.45) is 0 Å². The minimum atomic E-state index is -3.73. The number of halogens is 1. The summed E-state index contributed by atoms with van der Waals surface area (Å²) in [7, 11) is -7.29. The third-order valence-electron chi connectivity index (χ3n) is 4.75. The zero-order valence-electron chi connectivity index (χ0n) is 17.1. The number of hydrogen-bond acceptors (Lipinski definition) is 6. The lowest BCUT2D eigenvalue weighted by Gasteiger charge is -2.26. The molecule has 170 valence electrons. The summed E-state index contributed by atoms with van der Waals surface area (Å²) in [5, 5.41) is 0.224. The molecule has 2 aromatic rings. The highest BCUT2D eigenvalue weighted by Crippen LogP contribution is 2.27. The van der Waals surface area contributed by atoms with E-state index in [1.165, 1.54) is 22.5 Å². The molecule has 0 saturated carbocycles. The van der Waals surface area contributed by atoms with Crippen LogP contribution in [0.4, 0.5) is 0 Å². The monoisotopic (exact) mass is 488 g/mol. The Morgan fingerprint density at radius 3 is 2.29 bits per heavy atom. The Balaban J connectivity index is 1.59. The SMILES string of the molecule is CCOc1ccc(S(=O)(=O)NCCc2ccc(S(=O)(=O)N3CCOCC3)cc2)cc1Cl. The molecule has 1 heterocycles. The predicted molar refractivity (Wildman–Crippen MR) is 118 cm³/mol. The highest BCUT2D eigenvalue weighted by Gasteiger charge is 2.26. The second-order valence-electron chi connectivity index (χ2n) is 6.83. The van der Waals surface area contributed by atoms with E-state index in [9.17, 15) is 16.8 Å². The average molecular weight is 489 g/mol. The normalized spacial score (nSPS) is 15.7. The van der Waals surface area contributed by atoms with Crippen LogP contribution in [0.25, 0.3) is 0 Å². The highest BCUT2D eigenvalue weighted by molar-refractivity contribution is 7.89. The van der Waals surface area contributed by atoms with Gasteiger partial charge in [-0.1, -0.05) is 23.7 Å². The van der Waals surface area contributed by atoms with Crippen molar-refractivity contribution in [1.29, 1.82) is 0 Å². The van der Waals surface area contributed by atoms with Gasteiger partial charge in [-0.25, -0.2) is 21.6 Å². The number of hydrogen-bond donors (Lipinski definition) is 1. The van der Waals surface area contributed by atoms with Gasteiger partial charge in [0.1, 0.15) is 5.75 Å². The largest absolute Gasteiger partial charge is 0.492 e. The maximum absolute atomic E-state index is 12.7. The topological polar surface area (TPSA) is 102 Å². The van der Waals surface area contributed by atoms with Gasteiger partial charge in [-0.2, -0.15) is 4.31 Å². The molecule has 2 aromatic carbocycles. The summed E-state index contributed by atoms with van der Waals surface area (Å²) in [6.07, 6.45) is 0.405. The summed E-state index contributed by atoms with van der Waals surface area (Å²) < 4.78 is 64.8. The Bertz CT molecular complexity index is 1100. The molecule has 31 heavy (non-hydrogen) atoms. The number of benzene rings is 2. The van der Waals surface area contributed by atoms with Crippen LogP contribution >= 0.6 is 11.6 Å². The first-order valence-electron chi connectivity index (χ1n) is 9.83. The van der Waals surface area contributed by atoms with Gasteiger partial charge in [0.15, 0.2) is 0 Å². The van der Waals surface area contributed by atoms with Crippen molar-refractivity contribution in [2.75, 3.05) is 39.5 Å². The maximum atomic E-state index is 12.7. The zero-order valence-corrected chi connectivity index (χ0v) is 19.5. The molecule has 1 fully saturated rings. The third-order valence-corrected chi connectivity index (χ3v) is 8.42. The Kier molecular flexibility index (Phi) is 7.95. The van der Waals surface area contributed by atoms with Gasteiger partial charge < -0.3 is 9.47 Å². The number of rotatable bonds is 9. The second-order valence-corrected chi connectivity index (χ2v) is 10.9. The molecule has 0 atom stereocenters. The summed E-state index contributed by atoms with van der Waals surface area (Å²) in [6.45, 7) is 3.84. The van der Waals surface area contributed by atoms with Crippen molar-refractivity contribution < 1.29 is 26.3 Å². The van der Waals surface area contributed by atoms with Gasteiger partial charge in [-0.15, -0.1) is 0 Å². The molecule has 1 saturated heterocycles. The summed E-state index contributed by atoms with van der Waals surface area (Å²) in [5.41, 5.74) is 0.813. The van der Waals surface area contributed by atoms with E-state index in [-0.39, 0.29) is 21.4 Å². The van der Waals surface area contributed by atoms with E-state index in [0.29, 0.717) is 45.1 Å². The summed E-state index contributed by atoms with van der Waals surface area (Å²) in [5.74, 6) is 0.426. The van der Waals surface area contributed by atoms with Crippen molar-refractivity contribution in [3.63, 3.8) is 0 Å². The summed E-state index contributed by atoms with van der Waals surface area (Å²) in [6, 6.07) is 10.8. The van der Waals surface area contributed by atoms with Crippen LogP contribution in [-0.2, 0) is 31.2 Å². The van der Waals surface area contributed by atoms with Crippen LogP contribution in [0.15, 0.2) is 52.3 Å². The van der Waals surface area contributed by atoms with Crippen LogP contribution < -0.4 is 9.46 Å². The van der Waals surface area contributed by atoms with Crippen LogP contribution in [0, 0.1) is 0 Å². The van der Waals surface area contributed by atoms with Crippen molar-refractivity contribution in [1.82, 2.24) is 9.03 Å². The summed E-state index contributed by atoms with van der Waals surface area (Å²) in [4.78, 5) is 0.260. The van der Waals surface area contributed by atoms with E-state index >= 15 is 0 Å². The molecule has 0 amide bonds. The lowest BCUT2D eigenvalue weighted by atomic mass is 10.2. The van der Waals surface area contributed by atoms with Crippen molar-refractivity contribution >= 4 is 31.6 Å². The lowest BCUT2D eigenvalue weighted by molar-refractivity contribution is 0.0730. The third kappa shape index (κ3) is 5.97. The number of nitrogens with one attached hydrogen (secondary N) is 1. The minimum absolute atomic E-state index is 0.0490. The van der Waals surface area contributed by atoms with E-state index < -0.39 is 20.0 Å². The van der Waals surface area contributed by atoms with Gasteiger partial charge in [0.05, 0.1) is 34.6 Å². The molecule has 1 aliphatic rings. The number of morpholine rings is 1. The first-order chi connectivity index (χ1) is 14.7. The number of ether oxygens (including phenoxy) is 2. The standard InChI is InChI=1S/C20H25ClN2O6S2/c1-2-29-20-8-7-18(15-19(20)21)30(24,25)22-10-9-16-3-5-17(6-4-16)31(26,27)23-11-13-28-14-12-23/h3-8,15,22H,2,9-14H2,1H3. The highest BCUT2D eigenvalue weighted by atomic mass is 35.5.